The van der Waals surface area contributed by atoms with Gasteiger partial charge >= 0.3 is 0 Å². The first-order valence-electron chi connectivity index (χ1n) is 5.55. The molecule has 0 aliphatic heterocycles. The minimum Gasteiger partial charge on any atom is -0.375 e. The number of carbonyl (C=O) groups excluding carboxylic acids is 1. The number of ether oxygens (including phenoxy) is 1. The third-order valence-corrected chi connectivity index (χ3v) is 2.69. The molecule has 1 aromatic rings. The van der Waals surface area contributed by atoms with Gasteiger partial charge in [0.1, 0.15) is 12.4 Å². The molecule has 0 unspecified atom stereocenters. The number of alkyl halides is 2. The molecule has 0 radical (unpaired) electrons. The van der Waals surface area contributed by atoms with Crippen LogP contribution in [-0.2, 0) is 16.1 Å². The van der Waals surface area contributed by atoms with Crippen LogP contribution in [0, 0.1) is 5.82 Å². The lowest BCUT2D eigenvalue weighted by Gasteiger charge is -2.07. The molecule has 1 N–H and O–H groups in total. The molecule has 106 valence electrons. The second kappa shape index (κ2) is 8.16. The smallest absolute Gasteiger partial charge is 0.261 e. The van der Waals surface area contributed by atoms with Crippen LogP contribution in [0.2, 0.25) is 0 Å². The Labute approximate surface area is 117 Å². The fraction of sp³-hybridized carbons (Fsp3) is 0.417. The van der Waals surface area contributed by atoms with Crippen LogP contribution in [-0.4, -0.2) is 25.5 Å². The number of halogens is 4. The van der Waals surface area contributed by atoms with E-state index in [1.807, 2.05) is 0 Å². The molecular formula is C12H13BrF3NO2. The highest BCUT2D eigenvalue weighted by Gasteiger charge is 2.07. The number of hydrogen-bond acceptors (Lipinski definition) is 2. The van der Waals surface area contributed by atoms with Crippen LogP contribution in [0.25, 0.3) is 0 Å². The van der Waals surface area contributed by atoms with E-state index in [2.05, 4.69) is 26.0 Å². The molecule has 19 heavy (non-hydrogen) atoms. The Kier molecular flexibility index (Phi) is 6.86. The Morgan fingerprint density at radius 1 is 1.42 bits per heavy atom. The number of benzene rings is 1. The van der Waals surface area contributed by atoms with Gasteiger partial charge in [0.2, 0.25) is 5.91 Å². The number of hydrogen-bond donors (Lipinski definition) is 1. The summed E-state index contributed by atoms with van der Waals surface area (Å²) in [5.74, 6) is -0.800. The minimum atomic E-state index is -2.54. The average Bonchev–Trinajstić information content (AvgIpc) is 2.35. The third-order valence-electron chi connectivity index (χ3n) is 2.20. The zero-order chi connectivity index (χ0) is 14.3. The summed E-state index contributed by atoms with van der Waals surface area (Å²) in [5, 5.41) is 2.49. The van der Waals surface area contributed by atoms with Crippen LogP contribution in [0.1, 0.15) is 12.0 Å². The summed E-state index contributed by atoms with van der Waals surface area (Å²) >= 11 is 3.20. The predicted molar refractivity (Wildman–Crippen MR) is 67.4 cm³/mol. The van der Waals surface area contributed by atoms with Gasteiger partial charge in [-0.2, -0.15) is 0 Å². The van der Waals surface area contributed by atoms with Gasteiger partial charge in [-0.25, -0.2) is 13.2 Å². The first kappa shape index (κ1) is 16.0. The van der Waals surface area contributed by atoms with Crippen molar-refractivity contribution in [2.24, 2.45) is 0 Å². The summed E-state index contributed by atoms with van der Waals surface area (Å²) in [6.45, 7) is -0.733. The van der Waals surface area contributed by atoms with Gasteiger partial charge in [-0.15, -0.1) is 0 Å². The van der Waals surface area contributed by atoms with Crippen molar-refractivity contribution in [1.29, 1.82) is 0 Å². The van der Waals surface area contributed by atoms with E-state index in [4.69, 9.17) is 0 Å². The highest BCUT2D eigenvalue weighted by atomic mass is 79.9. The van der Waals surface area contributed by atoms with E-state index in [1.165, 1.54) is 6.07 Å². The van der Waals surface area contributed by atoms with Crippen molar-refractivity contribution in [3.63, 3.8) is 0 Å². The summed E-state index contributed by atoms with van der Waals surface area (Å²) in [5.41, 5.74) is 0.344. The van der Waals surface area contributed by atoms with Crippen molar-refractivity contribution in [1.82, 2.24) is 5.32 Å². The quantitative estimate of drug-likeness (QED) is 0.776. The maximum atomic E-state index is 13.3. The standard InChI is InChI=1S/C12H13BrF3NO2/c13-9-1-2-10(14)8(5-9)6-17-12(18)3-4-19-7-11(15)16/h1-2,5,11H,3-4,6-7H2,(H,17,18). The van der Waals surface area contributed by atoms with Crippen molar-refractivity contribution in [2.45, 2.75) is 19.4 Å². The molecule has 0 aromatic heterocycles. The van der Waals surface area contributed by atoms with Crippen molar-refractivity contribution in [2.75, 3.05) is 13.2 Å². The maximum Gasteiger partial charge on any atom is 0.261 e. The number of carbonyl (C=O) groups is 1. The van der Waals surface area contributed by atoms with Gasteiger partial charge in [0.25, 0.3) is 6.43 Å². The summed E-state index contributed by atoms with van der Waals surface area (Å²) in [6.07, 6.45) is -2.58. The molecule has 3 nitrogen and oxygen atoms in total. The van der Waals surface area contributed by atoms with E-state index in [0.717, 1.165) is 0 Å². The number of nitrogens with one attached hydrogen (secondary N) is 1. The predicted octanol–water partition coefficient (Wildman–Crippen LogP) is 2.88. The molecule has 0 saturated heterocycles. The van der Waals surface area contributed by atoms with Crippen molar-refractivity contribution >= 4 is 21.8 Å². The van der Waals surface area contributed by atoms with E-state index < -0.39 is 18.8 Å². The Hall–Kier alpha value is -1.08. The van der Waals surface area contributed by atoms with E-state index in [0.29, 0.717) is 10.0 Å². The molecule has 0 saturated carbocycles. The van der Waals surface area contributed by atoms with Crippen LogP contribution in [0.5, 0.6) is 0 Å². The summed E-state index contributed by atoms with van der Waals surface area (Å²) in [6, 6.07) is 4.40. The van der Waals surface area contributed by atoms with E-state index in [9.17, 15) is 18.0 Å². The van der Waals surface area contributed by atoms with Gasteiger partial charge in [0.05, 0.1) is 6.61 Å². The second-order valence-corrected chi connectivity index (χ2v) is 4.64. The molecule has 0 spiro atoms. The van der Waals surface area contributed by atoms with Crippen LogP contribution >= 0.6 is 15.9 Å². The highest BCUT2D eigenvalue weighted by Crippen LogP contribution is 2.15. The van der Waals surface area contributed by atoms with Gasteiger partial charge in [0.15, 0.2) is 0 Å². The fourth-order valence-corrected chi connectivity index (χ4v) is 1.71. The first-order valence-corrected chi connectivity index (χ1v) is 6.35. The first-order chi connectivity index (χ1) is 8.99. The Morgan fingerprint density at radius 3 is 2.84 bits per heavy atom. The van der Waals surface area contributed by atoms with Crippen molar-refractivity contribution in [3.05, 3.63) is 34.1 Å². The minimum absolute atomic E-state index is 0.0393. The van der Waals surface area contributed by atoms with Crippen LogP contribution in [0.15, 0.2) is 22.7 Å². The molecule has 0 atom stereocenters. The molecule has 0 aliphatic carbocycles. The van der Waals surface area contributed by atoms with Crippen LogP contribution in [0.4, 0.5) is 13.2 Å². The highest BCUT2D eigenvalue weighted by molar-refractivity contribution is 9.10. The number of amides is 1. The van der Waals surface area contributed by atoms with E-state index in [1.54, 1.807) is 12.1 Å². The molecule has 0 heterocycles. The molecule has 1 rings (SSSR count). The summed E-state index contributed by atoms with van der Waals surface area (Å²) in [7, 11) is 0. The van der Waals surface area contributed by atoms with Crippen molar-refractivity contribution in [3.8, 4) is 0 Å². The molecule has 7 heteroatoms. The Morgan fingerprint density at radius 2 is 2.16 bits per heavy atom. The Balaban J connectivity index is 2.28. The molecule has 1 amide bonds. The molecule has 0 fully saturated rings. The van der Waals surface area contributed by atoms with Gasteiger partial charge in [-0.05, 0) is 18.2 Å². The zero-order valence-electron chi connectivity index (χ0n) is 9.97. The average molecular weight is 340 g/mol. The van der Waals surface area contributed by atoms with E-state index >= 15 is 0 Å². The normalized spacial score (nSPS) is 10.8. The van der Waals surface area contributed by atoms with Crippen LogP contribution < -0.4 is 5.32 Å². The summed E-state index contributed by atoms with van der Waals surface area (Å²) in [4.78, 5) is 11.3. The van der Waals surface area contributed by atoms with Gasteiger partial charge in [-0.1, -0.05) is 15.9 Å². The van der Waals surface area contributed by atoms with E-state index in [-0.39, 0.29) is 25.5 Å². The van der Waals surface area contributed by atoms with Crippen molar-refractivity contribution < 1.29 is 22.7 Å². The Bertz CT molecular complexity index is 429. The van der Waals surface area contributed by atoms with Crippen LogP contribution in [0.3, 0.4) is 0 Å². The molecule has 0 aliphatic rings. The van der Waals surface area contributed by atoms with Gasteiger partial charge in [-0.3, -0.25) is 4.79 Å². The zero-order valence-corrected chi connectivity index (χ0v) is 11.6. The lowest BCUT2D eigenvalue weighted by atomic mass is 10.2. The van der Waals surface area contributed by atoms with Gasteiger partial charge in [0, 0.05) is 23.0 Å². The molecule has 0 bridgehead atoms. The second-order valence-electron chi connectivity index (χ2n) is 3.73. The summed E-state index contributed by atoms with van der Waals surface area (Å²) < 4.78 is 42.1. The SMILES string of the molecule is O=C(CCOCC(F)F)NCc1cc(Br)ccc1F. The topological polar surface area (TPSA) is 38.3 Å². The molecule has 1 aromatic carbocycles. The largest absolute Gasteiger partial charge is 0.375 e. The lowest BCUT2D eigenvalue weighted by Crippen LogP contribution is -2.24. The third kappa shape index (κ3) is 6.58. The maximum absolute atomic E-state index is 13.3. The monoisotopic (exact) mass is 339 g/mol. The van der Waals surface area contributed by atoms with Gasteiger partial charge < -0.3 is 10.1 Å². The molecular weight excluding hydrogens is 327 g/mol. The fourth-order valence-electron chi connectivity index (χ4n) is 1.30. The number of rotatable bonds is 7. The lowest BCUT2D eigenvalue weighted by molar-refractivity contribution is -0.122.